The minimum atomic E-state index is 0.0494. The van der Waals surface area contributed by atoms with E-state index in [1.807, 2.05) is 0 Å². The Morgan fingerprint density at radius 2 is 2.05 bits per heavy atom. The van der Waals surface area contributed by atoms with Crippen molar-refractivity contribution in [2.75, 3.05) is 13.1 Å². The van der Waals surface area contributed by atoms with Gasteiger partial charge in [0.25, 0.3) is 0 Å². The number of amides is 1. The van der Waals surface area contributed by atoms with E-state index in [9.17, 15) is 4.79 Å². The third kappa shape index (κ3) is 2.59. The summed E-state index contributed by atoms with van der Waals surface area (Å²) in [4.78, 5) is 14.9. The second-order valence-electron chi connectivity index (χ2n) is 6.05. The molecule has 1 amide bonds. The zero-order chi connectivity index (χ0) is 13.9. The Hall–Kier alpha value is -1.35. The summed E-state index contributed by atoms with van der Waals surface area (Å²) in [6.45, 7) is 4.05. The van der Waals surface area contributed by atoms with Gasteiger partial charge in [-0.15, -0.1) is 0 Å². The maximum absolute atomic E-state index is 12.8. The highest BCUT2D eigenvalue weighted by Crippen LogP contribution is 2.34. The zero-order valence-electron chi connectivity index (χ0n) is 12.3. The minimum Gasteiger partial charge on any atom is -0.334 e. The van der Waals surface area contributed by atoms with Crippen molar-refractivity contribution >= 4 is 5.91 Å². The van der Waals surface area contributed by atoms with Crippen molar-refractivity contribution in [3.63, 3.8) is 0 Å². The van der Waals surface area contributed by atoms with Gasteiger partial charge in [0, 0.05) is 6.54 Å². The van der Waals surface area contributed by atoms with E-state index in [0.29, 0.717) is 5.91 Å². The number of nitrogens with one attached hydrogen (secondary N) is 1. The largest absolute Gasteiger partial charge is 0.334 e. The van der Waals surface area contributed by atoms with Crippen LogP contribution in [0, 0.1) is 6.92 Å². The fraction of sp³-hybridized carbons (Fsp3) is 0.588. The SMILES string of the molecule is Cc1ccccc1C1CCCN1C(=O)[C@@H]1CCCCN1. The van der Waals surface area contributed by atoms with E-state index >= 15 is 0 Å². The highest BCUT2D eigenvalue weighted by Gasteiger charge is 2.34. The Morgan fingerprint density at radius 1 is 1.20 bits per heavy atom. The van der Waals surface area contributed by atoms with Crippen LogP contribution in [-0.4, -0.2) is 29.9 Å². The van der Waals surface area contributed by atoms with Crippen molar-refractivity contribution in [2.45, 2.75) is 51.1 Å². The van der Waals surface area contributed by atoms with Crippen molar-refractivity contribution in [3.8, 4) is 0 Å². The molecule has 2 heterocycles. The molecule has 2 fully saturated rings. The predicted octanol–water partition coefficient (Wildman–Crippen LogP) is 2.80. The van der Waals surface area contributed by atoms with E-state index in [2.05, 4.69) is 41.4 Å². The number of benzene rings is 1. The van der Waals surface area contributed by atoms with Crippen LogP contribution < -0.4 is 5.32 Å². The Morgan fingerprint density at radius 3 is 2.80 bits per heavy atom. The molecular formula is C17H24N2O. The van der Waals surface area contributed by atoms with Gasteiger partial charge in [-0.25, -0.2) is 0 Å². The number of nitrogens with zero attached hydrogens (tertiary/aromatic N) is 1. The van der Waals surface area contributed by atoms with Crippen LogP contribution in [0.5, 0.6) is 0 Å². The molecule has 1 unspecified atom stereocenters. The Bertz CT molecular complexity index is 480. The molecule has 108 valence electrons. The van der Waals surface area contributed by atoms with Crippen LogP contribution in [0.3, 0.4) is 0 Å². The second-order valence-corrected chi connectivity index (χ2v) is 6.05. The fourth-order valence-corrected chi connectivity index (χ4v) is 3.58. The van der Waals surface area contributed by atoms with Gasteiger partial charge in [-0.3, -0.25) is 4.79 Å². The molecule has 0 saturated carbocycles. The minimum absolute atomic E-state index is 0.0494. The Labute approximate surface area is 121 Å². The van der Waals surface area contributed by atoms with Crippen molar-refractivity contribution in [1.82, 2.24) is 10.2 Å². The molecule has 1 aromatic carbocycles. The van der Waals surface area contributed by atoms with Gasteiger partial charge in [-0.05, 0) is 50.3 Å². The smallest absolute Gasteiger partial charge is 0.240 e. The molecule has 1 N–H and O–H groups in total. The summed E-state index contributed by atoms with van der Waals surface area (Å²) in [5.74, 6) is 0.315. The number of carbonyl (C=O) groups is 1. The Kier molecular flexibility index (Phi) is 4.06. The van der Waals surface area contributed by atoms with Crippen molar-refractivity contribution in [1.29, 1.82) is 0 Å². The normalized spacial score (nSPS) is 26.8. The maximum Gasteiger partial charge on any atom is 0.240 e. The molecule has 3 rings (SSSR count). The van der Waals surface area contributed by atoms with Gasteiger partial charge >= 0.3 is 0 Å². The highest BCUT2D eigenvalue weighted by molar-refractivity contribution is 5.82. The number of piperidine rings is 1. The van der Waals surface area contributed by atoms with E-state index in [-0.39, 0.29) is 12.1 Å². The molecule has 0 bridgehead atoms. The van der Waals surface area contributed by atoms with Crippen LogP contribution in [0.1, 0.15) is 49.3 Å². The number of rotatable bonds is 2. The molecule has 3 nitrogen and oxygen atoms in total. The number of hydrogen-bond acceptors (Lipinski definition) is 2. The molecule has 3 heteroatoms. The quantitative estimate of drug-likeness (QED) is 0.898. The molecule has 0 aromatic heterocycles. The first-order chi connectivity index (χ1) is 9.77. The predicted molar refractivity (Wildman–Crippen MR) is 80.5 cm³/mol. The van der Waals surface area contributed by atoms with Gasteiger partial charge in [0.1, 0.15) is 0 Å². The van der Waals surface area contributed by atoms with Gasteiger partial charge in [0.2, 0.25) is 5.91 Å². The summed E-state index contributed by atoms with van der Waals surface area (Å²) in [5, 5.41) is 3.39. The lowest BCUT2D eigenvalue weighted by atomic mass is 9.98. The molecule has 2 aliphatic heterocycles. The lowest BCUT2D eigenvalue weighted by Crippen LogP contribution is -2.48. The number of aryl methyl sites for hydroxylation is 1. The molecule has 0 spiro atoms. The average Bonchev–Trinajstić information content (AvgIpc) is 2.97. The van der Waals surface area contributed by atoms with Crippen molar-refractivity contribution < 1.29 is 4.79 Å². The zero-order valence-corrected chi connectivity index (χ0v) is 12.3. The van der Waals surface area contributed by atoms with E-state index < -0.39 is 0 Å². The van der Waals surface area contributed by atoms with Crippen LogP contribution in [-0.2, 0) is 4.79 Å². The monoisotopic (exact) mass is 272 g/mol. The van der Waals surface area contributed by atoms with Crippen LogP contribution in [0.4, 0.5) is 0 Å². The van der Waals surface area contributed by atoms with Crippen molar-refractivity contribution in [3.05, 3.63) is 35.4 Å². The summed E-state index contributed by atoms with van der Waals surface area (Å²) < 4.78 is 0. The molecule has 0 aliphatic carbocycles. The molecule has 2 aliphatic rings. The maximum atomic E-state index is 12.8. The highest BCUT2D eigenvalue weighted by atomic mass is 16.2. The van der Waals surface area contributed by atoms with Crippen molar-refractivity contribution in [2.24, 2.45) is 0 Å². The Balaban J connectivity index is 1.78. The first-order valence-electron chi connectivity index (χ1n) is 7.87. The van der Waals surface area contributed by atoms with Gasteiger partial charge in [0.15, 0.2) is 0 Å². The standard InChI is InChI=1S/C17H24N2O/c1-13-7-2-3-8-14(13)16-10-6-12-19(16)17(20)15-9-4-5-11-18-15/h2-3,7-8,15-16,18H,4-6,9-12H2,1H3/t15-,16?/m0/s1. The van der Waals surface area contributed by atoms with E-state index in [1.165, 1.54) is 24.0 Å². The number of likely N-dealkylation sites (tertiary alicyclic amines) is 1. The lowest BCUT2D eigenvalue weighted by molar-refractivity contribution is -0.135. The van der Waals surface area contributed by atoms with Crippen LogP contribution >= 0.6 is 0 Å². The molecular weight excluding hydrogens is 248 g/mol. The van der Waals surface area contributed by atoms with Gasteiger partial charge in [-0.1, -0.05) is 30.7 Å². The van der Waals surface area contributed by atoms with Crippen LogP contribution in [0.15, 0.2) is 24.3 Å². The third-order valence-corrected chi connectivity index (χ3v) is 4.69. The van der Waals surface area contributed by atoms with Crippen LogP contribution in [0.2, 0.25) is 0 Å². The summed E-state index contributed by atoms with van der Waals surface area (Å²) >= 11 is 0. The average molecular weight is 272 g/mol. The molecule has 2 saturated heterocycles. The fourth-order valence-electron chi connectivity index (χ4n) is 3.58. The number of carbonyl (C=O) groups excluding carboxylic acids is 1. The van der Waals surface area contributed by atoms with E-state index in [0.717, 1.165) is 32.4 Å². The van der Waals surface area contributed by atoms with Gasteiger partial charge < -0.3 is 10.2 Å². The summed E-state index contributed by atoms with van der Waals surface area (Å²) in [5.41, 5.74) is 2.63. The first-order valence-corrected chi connectivity index (χ1v) is 7.87. The molecule has 20 heavy (non-hydrogen) atoms. The molecule has 2 atom stereocenters. The van der Waals surface area contributed by atoms with Gasteiger partial charge in [0.05, 0.1) is 12.1 Å². The second kappa shape index (κ2) is 5.96. The topological polar surface area (TPSA) is 32.3 Å². The van der Waals surface area contributed by atoms with Gasteiger partial charge in [-0.2, -0.15) is 0 Å². The lowest BCUT2D eigenvalue weighted by Gasteiger charge is -2.32. The summed E-state index contributed by atoms with van der Waals surface area (Å²) in [6.07, 6.45) is 5.59. The molecule has 0 radical (unpaired) electrons. The van der Waals surface area contributed by atoms with E-state index in [4.69, 9.17) is 0 Å². The molecule has 1 aromatic rings. The number of hydrogen-bond donors (Lipinski definition) is 1. The summed E-state index contributed by atoms with van der Waals surface area (Å²) in [7, 11) is 0. The third-order valence-electron chi connectivity index (χ3n) is 4.69. The first kappa shape index (κ1) is 13.6. The van der Waals surface area contributed by atoms with E-state index in [1.54, 1.807) is 0 Å². The van der Waals surface area contributed by atoms with Crippen LogP contribution in [0.25, 0.3) is 0 Å². The summed E-state index contributed by atoms with van der Waals surface area (Å²) in [6, 6.07) is 8.82.